The molecule has 0 aliphatic rings. The number of hydrogen-bond donors (Lipinski definition) is 1. The maximum Gasteiger partial charge on any atom is 0.249 e. The first kappa shape index (κ1) is 26.0. The van der Waals surface area contributed by atoms with Gasteiger partial charge in [0.15, 0.2) is 0 Å². The van der Waals surface area contributed by atoms with Gasteiger partial charge in [0, 0.05) is 22.8 Å². The first-order chi connectivity index (χ1) is 18.8. The molecule has 5 aromatic rings. The smallest absolute Gasteiger partial charge is 0.249 e. The summed E-state index contributed by atoms with van der Waals surface area (Å²) in [6.45, 7) is 7.87. The molecule has 0 saturated carbocycles. The van der Waals surface area contributed by atoms with E-state index in [1.807, 2.05) is 107 Å². The Hall–Kier alpha value is -4.59. The van der Waals surface area contributed by atoms with E-state index in [1.54, 1.807) is 15.8 Å². The first-order valence-corrected chi connectivity index (χ1v) is 13.1. The van der Waals surface area contributed by atoms with Gasteiger partial charge in [0.1, 0.15) is 18.1 Å². The maximum atomic E-state index is 14.2. The van der Waals surface area contributed by atoms with E-state index in [0.29, 0.717) is 16.8 Å². The molecule has 0 spiro atoms. The molecule has 5 rings (SSSR count). The molecule has 1 N–H and O–H groups in total. The lowest BCUT2D eigenvalue weighted by Crippen LogP contribution is -2.51. The van der Waals surface area contributed by atoms with Gasteiger partial charge in [-0.3, -0.25) is 19.5 Å². The highest BCUT2D eigenvalue weighted by Gasteiger charge is 2.35. The van der Waals surface area contributed by atoms with Crippen molar-refractivity contribution in [2.24, 2.45) is 0 Å². The number of carbonyl (C=O) groups is 2. The minimum absolute atomic E-state index is 0.0788. The zero-order valence-electron chi connectivity index (χ0n) is 22.6. The second-order valence-corrected chi connectivity index (χ2v) is 10.4. The van der Waals surface area contributed by atoms with Crippen molar-refractivity contribution in [2.45, 2.75) is 52.2 Å². The van der Waals surface area contributed by atoms with Crippen LogP contribution in [0.15, 0.2) is 85.1 Å². The van der Waals surface area contributed by atoms with Crippen molar-refractivity contribution in [3.8, 4) is 0 Å². The Labute approximate surface area is 227 Å². The molecule has 0 fully saturated rings. The van der Waals surface area contributed by atoms with Crippen LogP contribution >= 0.6 is 0 Å². The van der Waals surface area contributed by atoms with Crippen LogP contribution < -0.4 is 10.2 Å². The third kappa shape index (κ3) is 5.50. The number of carbonyl (C=O) groups excluding carboxylic acids is 2. The van der Waals surface area contributed by atoms with Crippen LogP contribution in [0.2, 0.25) is 0 Å². The quantitative estimate of drug-likeness (QED) is 0.297. The van der Waals surface area contributed by atoms with Crippen LogP contribution in [-0.4, -0.2) is 37.3 Å². The Morgan fingerprint density at radius 1 is 0.974 bits per heavy atom. The fourth-order valence-electron chi connectivity index (χ4n) is 4.63. The fourth-order valence-corrected chi connectivity index (χ4v) is 4.63. The van der Waals surface area contributed by atoms with E-state index in [9.17, 15) is 9.59 Å². The Bertz CT molecular complexity index is 1660. The molecule has 1 atom stereocenters. The monoisotopic (exact) mass is 520 g/mol. The number of para-hydroxylation sites is 1. The van der Waals surface area contributed by atoms with Crippen molar-refractivity contribution in [1.29, 1.82) is 0 Å². The summed E-state index contributed by atoms with van der Waals surface area (Å²) in [5, 5.41) is 12.5. The van der Waals surface area contributed by atoms with Crippen LogP contribution in [0.25, 0.3) is 21.9 Å². The second-order valence-electron chi connectivity index (χ2n) is 10.4. The van der Waals surface area contributed by atoms with Gasteiger partial charge < -0.3 is 5.32 Å². The summed E-state index contributed by atoms with van der Waals surface area (Å²) in [5.41, 5.74) is 4.11. The summed E-state index contributed by atoms with van der Waals surface area (Å²) < 4.78 is 1.58. The molecule has 0 aliphatic carbocycles. The number of rotatable bonds is 8. The minimum Gasteiger partial charge on any atom is -0.349 e. The van der Waals surface area contributed by atoms with Crippen LogP contribution in [-0.2, 0) is 16.1 Å². The zero-order valence-corrected chi connectivity index (χ0v) is 22.6. The Balaban J connectivity index is 1.65. The zero-order chi connectivity index (χ0) is 27.6. The van der Waals surface area contributed by atoms with Gasteiger partial charge >= 0.3 is 0 Å². The molecule has 3 aromatic carbocycles. The number of pyridine rings is 1. The molecular formula is C31H32N6O2. The average molecular weight is 521 g/mol. The van der Waals surface area contributed by atoms with Gasteiger partial charge in [-0.2, -0.15) is 0 Å². The molecule has 8 heteroatoms. The second kappa shape index (κ2) is 10.6. The molecule has 39 heavy (non-hydrogen) atoms. The average Bonchev–Trinajstić information content (AvgIpc) is 3.33. The molecule has 2 amide bonds. The van der Waals surface area contributed by atoms with Gasteiger partial charge in [0.2, 0.25) is 11.8 Å². The number of amides is 2. The number of aromatic nitrogens is 4. The summed E-state index contributed by atoms with van der Waals surface area (Å²) in [6.07, 6.45) is 2.47. The summed E-state index contributed by atoms with van der Waals surface area (Å²) >= 11 is 0. The Morgan fingerprint density at radius 3 is 2.59 bits per heavy atom. The normalized spacial score (nSPS) is 12.4. The maximum absolute atomic E-state index is 14.2. The largest absolute Gasteiger partial charge is 0.349 e. The van der Waals surface area contributed by atoms with E-state index >= 15 is 0 Å². The van der Waals surface area contributed by atoms with E-state index in [4.69, 9.17) is 0 Å². The highest BCUT2D eigenvalue weighted by atomic mass is 16.2. The van der Waals surface area contributed by atoms with Crippen molar-refractivity contribution in [3.05, 3.63) is 96.2 Å². The van der Waals surface area contributed by atoms with Crippen molar-refractivity contribution < 1.29 is 9.59 Å². The van der Waals surface area contributed by atoms with E-state index in [2.05, 4.69) is 20.6 Å². The number of benzene rings is 3. The summed E-state index contributed by atoms with van der Waals surface area (Å²) in [6, 6.07) is 23.7. The fraction of sp³-hybridized carbons (Fsp3) is 0.258. The van der Waals surface area contributed by atoms with Gasteiger partial charge in [-0.25, -0.2) is 4.68 Å². The molecule has 198 valence electrons. The molecule has 0 aliphatic heterocycles. The van der Waals surface area contributed by atoms with E-state index in [1.165, 1.54) is 0 Å². The van der Waals surface area contributed by atoms with E-state index < -0.39 is 11.6 Å². The van der Waals surface area contributed by atoms with Gasteiger partial charge in [-0.15, -0.1) is 5.10 Å². The van der Waals surface area contributed by atoms with E-state index in [-0.39, 0.29) is 18.4 Å². The summed E-state index contributed by atoms with van der Waals surface area (Å²) in [7, 11) is 0. The number of nitrogens with one attached hydrogen (secondary N) is 1. The minimum atomic E-state index is -0.926. The van der Waals surface area contributed by atoms with Crippen LogP contribution in [0.3, 0.4) is 0 Å². The number of anilines is 1. The SMILES string of the molecule is CCC(C)(C)NC(=O)C(c1ccc2ncccc2c1)N(C(=O)Cn1nnc2ccccc21)c1cccc(C)c1. The highest BCUT2D eigenvalue weighted by molar-refractivity contribution is 6.02. The highest BCUT2D eigenvalue weighted by Crippen LogP contribution is 2.31. The van der Waals surface area contributed by atoms with Crippen LogP contribution in [0.5, 0.6) is 0 Å². The molecule has 0 bridgehead atoms. The number of aryl methyl sites for hydroxylation is 1. The molecule has 8 nitrogen and oxygen atoms in total. The molecule has 0 radical (unpaired) electrons. The molecule has 2 aromatic heterocycles. The van der Waals surface area contributed by atoms with Crippen LogP contribution in [0, 0.1) is 6.92 Å². The third-order valence-electron chi connectivity index (χ3n) is 7.05. The predicted molar refractivity (Wildman–Crippen MR) is 153 cm³/mol. The molecule has 1 unspecified atom stereocenters. The third-order valence-corrected chi connectivity index (χ3v) is 7.05. The van der Waals surface area contributed by atoms with Crippen LogP contribution in [0.4, 0.5) is 5.69 Å². The van der Waals surface area contributed by atoms with Gasteiger partial charge in [-0.1, -0.05) is 48.5 Å². The number of nitrogens with zero attached hydrogens (tertiary/aromatic N) is 5. The van der Waals surface area contributed by atoms with Crippen molar-refractivity contribution >= 4 is 39.4 Å². The Kier molecular flexibility index (Phi) is 7.11. The van der Waals surface area contributed by atoms with Crippen molar-refractivity contribution in [1.82, 2.24) is 25.3 Å². The predicted octanol–water partition coefficient (Wildman–Crippen LogP) is 5.37. The van der Waals surface area contributed by atoms with Crippen LogP contribution in [0.1, 0.15) is 44.4 Å². The lowest BCUT2D eigenvalue weighted by Gasteiger charge is -2.35. The van der Waals surface area contributed by atoms with Gasteiger partial charge in [0.25, 0.3) is 0 Å². The summed E-state index contributed by atoms with van der Waals surface area (Å²) in [5.74, 6) is -0.541. The lowest BCUT2D eigenvalue weighted by molar-refractivity contribution is -0.128. The summed E-state index contributed by atoms with van der Waals surface area (Å²) in [4.78, 5) is 34.4. The van der Waals surface area contributed by atoms with Crippen molar-refractivity contribution in [2.75, 3.05) is 4.90 Å². The standard InChI is InChI=1S/C31H32N6O2/c1-5-31(3,4)33-30(39)29(23-15-16-25-22(19-23)11-9-17-32-25)37(24-12-8-10-21(2)18-24)28(38)20-36-27-14-7-6-13-26(27)34-35-36/h6-19,29H,5,20H2,1-4H3,(H,33,39). The van der Waals surface area contributed by atoms with E-state index in [0.717, 1.165) is 28.4 Å². The van der Waals surface area contributed by atoms with Crippen molar-refractivity contribution in [3.63, 3.8) is 0 Å². The van der Waals surface area contributed by atoms with Gasteiger partial charge in [0.05, 0.1) is 11.0 Å². The molecule has 2 heterocycles. The topological polar surface area (TPSA) is 93.0 Å². The first-order valence-electron chi connectivity index (χ1n) is 13.1. The number of fused-ring (bicyclic) bond motifs is 2. The molecule has 0 saturated heterocycles. The lowest BCUT2D eigenvalue weighted by atomic mass is 9.97. The van der Waals surface area contributed by atoms with Gasteiger partial charge in [-0.05, 0) is 80.8 Å². The Morgan fingerprint density at radius 2 is 1.79 bits per heavy atom. The molecular weight excluding hydrogens is 488 g/mol. The number of hydrogen-bond acceptors (Lipinski definition) is 5.